The molecule has 0 bridgehead atoms. The van der Waals surface area contributed by atoms with Gasteiger partial charge in [-0.2, -0.15) is 5.26 Å². The minimum Gasteiger partial charge on any atom is -0.380 e. The molecule has 3 rings (SSSR count). The van der Waals surface area contributed by atoms with Crippen molar-refractivity contribution in [3.8, 4) is 6.07 Å². The Balaban J connectivity index is 1.99. The van der Waals surface area contributed by atoms with Crippen LogP contribution in [0.5, 0.6) is 0 Å². The highest BCUT2D eigenvalue weighted by molar-refractivity contribution is 8.00. The van der Waals surface area contributed by atoms with E-state index in [2.05, 4.69) is 11.4 Å². The van der Waals surface area contributed by atoms with Gasteiger partial charge in [-0.15, -0.1) is 23.1 Å². The third-order valence-corrected chi connectivity index (χ3v) is 7.00. The molecule has 1 aliphatic rings. The van der Waals surface area contributed by atoms with Gasteiger partial charge < -0.3 is 5.32 Å². The SMILES string of the molecule is CSc1sc(C(=O)c2ccc(Cl)cc2)c(NC2CCCCC2)c1C#N. The van der Waals surface area contributed by atoms with Gasteiger partial charge in [0.25, 0.3) is 0 Å². The molecule has 0 radical (unpaired) electrons. The lowest BCUT2D eigenvalue weighted by atomic mass is 9.95. The molecule has 25 heavy (non-hydrogen) atoms. The second-order valence-electron chi connectivity index (χ2n) is 6.10. The number of nitrogens with zero attached hydrogens (tertiary/aromatic N) is 1. The van der Waals surface area contributed by atoms with Crippen LogP contribution in [0.4, 0.5) is 5.69 Å². The molecule has 0 aliphatic heterocycles. The van der Waals surface area contributed by atoms with E-state index in [-0.39, 0.29) is 5.78 Å². The fourth-order valence-electron chi connectivity index (χ4n) is 3.14. The smallest absolute Gasteiger partial charge is 0.205 e. The Kier molecular flexibility index (Phi) is 6.06. The van der Waals surface area contributed by atoms with Gasteiger partial charge in [-0.3, -0.25) is 4.79 Å². The first-order valence-electron chi connectivity index (χ1n) is 8.31. The van der Waals surface area contributed by atoms with Crippen molar-refractivity contribution in [1.29, 1.82) is 5.26 Å². The Morgan fingerprint density at radius 2 is 1.96 bits per heavy atom. The van der Waals surface area contributed by atoms with Crippen LogP contribution in [0.2, 0.25) is 5.02 Å². The number of hydrogen-bond donors (Lipinski definition) is 1. The Bertz CT molecular complexity index is 802. The molecule has 0 spiro atoms. The van der Waals surface area contributed by atoms with Crippen molar-refractivity contribution in [1.82, 2.24) is 0 Å². The third-order valence-electron chi connectivity index (χ3n) is 4.44. The largest absolute Gasteiger partial charge is 0.380 e. The van der Waals surface area contributed by atoms with E-state index in [1.54, 1.807) is 24.3 Å². The van der Waals surface area contributed by atoms with Crippen molar-refractivity contribution in [3.63, 3.8) is 0 Å². The molecular weight excluding hydrogens is 372 g/mol. The Morgan fingerprint density at radius 1 is 1.28 bits per heavy atom. The van der Waals surface area contributed by atoms with Crippen LogP contribution < -0.4 is 5.32 Å². The minimum atomic E-state index is -0.0585. The van der Waals surface area contributed by atoms with Gasteiger partial charge in [0.05, 0.1) is 9.90 Å². The van der Waals surface area contributed by atoms with Crippen molar-refractivity contribution in [3.05, 3.63) is 45.3 Å². The molecule has 3 nitrogen and oxygen atoms in total. The van der Waals surface area contributed by atoms with E-state index in [4.69, 9.17) is 11.6 Å². The summed E-state index contributed by atoms with van der Waals surface area (Å²) in [4.78, 5) is 13.6. The zero-order chi connectivity index (χ0) is 17.8. The maximum Gasteiger partial charge on any atom is 0.205 e. The number of carbonyl (C=O) groups is 1. The molecule has 0 amide bonds. The maximum absolute atomic E-state index is 13.0. The molecule has 1 saturated carbocycles. The van der Waals surface area contributed by atoms with E-state index in [9.17, 15) is 10.1 Å². The summed E-state index contributed by atoms with van der Waals surface area (Å²) in [5, 5.41) is 13.8. The van der Waals surface area contributed by atoms with Crippen molar-refractivity contribution < 1.29 is 4.79 Å². The molecule has 1 aliphatic carbocycles. The van der Waals surface area contributed by atoms with Gasteiger partial charge in [-0.1, -0.05) is 30.9 Å². The molecule has 1 heterocycles. The fraction of sp³-hybridized carbons (Fsp3) is 0.368. The lowest BCUT2D eigenvalue weighted by Gasteiger charge is -2.24. The molecule has 2 aromatic rings. The van der Waals surface area contributed by atoms with Crippen molar-refractivity contribution >= 4 is 46.2 Å². The number of ketones is 1. The summed E-state index contributed by atoms with van der Waals surface area (Å²) in [5.41, 5.74) is 1.90. The maximum atomic E-state index is 13.0. The standard InChI is InChI=1S/C19H19ClN2OS2/c1-24-19-15(11-21)16(22-14-5-3-2-4-6-14)18(25-19)17(23)12-7-9-13(20)10-8-12/h7-10,14,22H,2-6H2,1H3. The lowest BCUT2D eigenvalue weighted by molar-refractivity contribution is 0.104. The fourth-order valence-corrected chi connectivity index (χ4v) is 5.11. The first-order valence-corrected chi connectivity index (χ1v) is 10.7. The molecule has 0 unspecified atom stereocenters. The molecule has 0 saturated heterocycles. The highest BCUT2D eigenvalue weighted by atomic mass is 35.5. The topological polar surface area (TPSA) is 52.9 Å². The average Bonchev–Trinajstić information content (AvgIpc) is 3.00. The number of anilines is 1. The first kappa shape index (κ1) is 18.3. The summed E-state index contributed by atoms with van der Waals surface area (Å²) in [5.74, 6) is -0.0585. The summed E-state index contributed by atoms with van der Waals surface area (Å²) in [6.45, 7) is 0. The zero-order valence-corrected chi connectivity index (χ0v) is 16.4. The molecule has 6 heteroatoms. The number of halogens is 1. The number of nitriles is 1. The van der Waals surface area contributed by atoms with Crippen molar-refractivity contribution in [2.75, 3.05) is 11.6 Å². The van der Waals surface area contributed by atoms with Gasteiger partial charge in [-0.25, -0.2) is 0 Å². The van der Waals surface area contributed by atoms with Crippen LogP contribution in [0, 0.1) is 11.3 Å². The minimum absolute atomic E-state index is 0.0585. The van der Waals surface area contributed by atoms with E-state index in [0.717, 1.165) is 17.1 Å². The highest BCUT2D eigenvalue weighted by Crippen LogP contribution is 2.40. The molecule has 1 aromatic carbocycles. The van der Waals surface area contributed by atoms with Crippen molar-refractivity contribution in [2.24, 2.45) is 0 Å². The lowest BCUT2D eigenvalue weighted by Crippen LogP contribution is -2.23. The van der Waals surface area contributed by atoms with Gasteiger partial charge >= 0.3 is 0 Å². The summed E-state index contributed by atoms with van der Waals surface area (Å²) in [7, 11) is 0. The van der Waals surface area contributed by atoms with Gasteiger partial charge in [0.2, 0.25) is 5.78 Å². The number of thiophene rings is 1. The number of hydrogen-bond acceptors (Lipinski definition) is 5. The summed E-state index contributed by atoms with van der Waals surface area (Å²) in [6, 6.07) is 9.54. The summed E-state index contributed by atoms with van der Waals surface area (Å²) >= 11 is 8.85. The number of rotatable bonds is 5. The first-order chi connectivity index (χ1) is 12.1. The van der Waals surface area contributed by atoms with E-state index in [1.165, 1.54) is 42.4 Å². The molecule has 1 aromatic heterocycles. The molecular formula is C19H19ClN2OS2. The second kappa shape index (κ2) is 8.27. The van der Waals surface area contributed by atoms with Crippen LogP contribution in [0.25, 0.3) is 0 Å². The number of nitrogens with one attached hydrogen (secondary N) is 1. The number of thioether (sulfide) groups is 1. The van der Waals surface area contributed by atoms with Gasteiger partial charge in [0, 0.05) is 16.6 Å². The van der Waals surface area contributed by atoms with Crippen LogP contribution in [0.1, 0.15) is 52.9 Å². The Morgan fingerprint density at radius 3 is 2.56 bits per heavy atom. The predicted molar refractivity (Wildman–Crippen MR) is 106 cm³/mol. The van der Waals surface area contributed by atoms with Crippen molar-refractivity contribution in [2.45, 2.75) is 42.4 Å². The van der Waals surface area contributed by atoms with Crippen LogP contribution in [-0.4, -0.2) is 18.1 Å². The molecule has 1 fully saturated rings. The van der Waals surface area contributed by atoms with E-state index in [0.29, 0.717) is 32.8 Å². The monoisotopic (exact) mass is 390 g/mol. The summed E-state index contributed by atoms with van der Waals surface area (Å²) in [6.07, 6.45) is 7.76. The third kappa shape index (κ3) is 4.03. The quantitative estimate of drug-likeness (QED) is 0.504. The molecule has 1 N–H and O–H groups in total. The average molecular weight is 391 g/mol. The normalized spacial score (nSPS) is 14.9. The summed E-state index contributed by atoms with van der Waals surface area (Å²) < 4.78 is 0.887. The predicted octanol–water partition coefficient (Wildman–Crippen LogP) is 5.97. The number of carbonyl (C=O) groups excluding carboxylic acids is 1. The highest BCUT2D eigenvalue weighted by Gasteiger charge is 2.26. The second-order valence-corrected chi connectivity index (χ2v) is 8.63. The molecule has 130 valence electrons. The van der Waals surface area contributed by atoms with E-state index >= 15 is 0 Å². The molecule has 0 atom stereocenters. The van der Waals surface area contributed by atoms with Gasteiger partial charge in [-0.05, 0) is 43.4 Å². The number of benzene rings is 1. The van der Waals surface area contributed by atoms with Crippen LogP contribution in [0.3, 0.4) is 0 Å². The van der Waals surface area contributed by atoms with Crippen LogP contribution in [0.15, 0.2) is 28.5 Å². The van der Waals surface area contributed by atoms with E-state index in [1.807, 2.05) is 6.26 Å². The van der Waals surface area contributed by atoms with Crippen LogP contribution >= 0.6 is 34.7 Å². The van der Waals surface area contributed by atoms with Gasteiger partial charge in [0.15, 0.2) is 0 Å². The zero-order valence-electron chi connectivity index (χ0n) is 14.0. The Hall–Kier alpha value is -1.48. The van der Waals surface area contributed by atoms with Gasteiger partial charge in [0.1, 0.15) is 16.5 Å². The van der Waals surface area contributed by atoms with Crippen LogP contribution in [-0.2, 0) is 0 Å². The Labute approximate surface area is 161 Å². The van der Waals surface area contributed by atoms with E-state index < -0.39 is 0 Å².